The normalized spacial score (nSPS) is 18.7. The summed E-state index contributed by atoms with van der Waals surface area (Å²) in [6, 6.07) is 24.9. The predicted octanol–water partition coefficient (Wildman–Crippen LogP) is 5.74. The number of hydrazine groups is 2. The summed E-state index contributed by atoms with van der Waals surface area (Å²) >= 11 is 13.7. The molecule has 0 bridgehead atoms. The Kier molecular flexibility index (Phi) is 6.27. The number of nitrogens with zero attached hydrogens (tertiary/aromatic N) is 3. The second-order valence-corrected chi connectivity index (χ2v) is 12.0. The SMILES string of the molecule is BC(Nc1cc(Cl)c2ncc(C#N)c(NC3(c4ccccc4)CC3)c2c1)(C1=CN(C2CC2)NN1)c1ccccc1Cl. The van der Waals surface area contributed by atoms with Crippen molar-refractivity contribution in [3.63, 3.8) is 0 Å². The zero-order valence-corrected chi connectivity index (χ0v) is 24.0. The monoisotopic (exact) mass is 579 g/mol. The minimum Gasteiger partial charge on any atom is -0.378 e. The van der Waals surface area contributed by atoms with Gasteiger partial charge in [-0.25, -0.2) is 0 Å². The van der Waals surface area contributed by atoms with Gasteiger partial charge in [0.1, 0.15) is 13.9 Å². The molecule has 7 rings (SSSR count). The summed E-state index contributed by atoms with van der Waals surface area (Å²) in [5.74, 6) is 0. The van der Waals surface area contributed by atoms with E-state index in [2.05, 4.69) is 63.8 Å². The summed E-state index contributed by atoms with van der Waals surface area (Å²) in [6.45, 7) is 0. The topological polar surface area (TPSA) is 88.0 Å². The van der Waals surface area contributed by atoms with Gasteiger partial charge in [-0.15, -0.1) is 5.53 Å². The van der Waals surface area contributed by atoms with Crippen molar-refractivity contribution < 1.29 is 0 Å². The summed E-state index contributed by atoms with van der Waals surface area (Å²) in [6.07, 6.45) is 7.98. The Balaban J connectivity index is 1.33. The van der Waals surface area contributed by atoms with E-state index < -0.39 is 5.44 Å². The first-order valence-corrected chi connectivity index (χ1v) is 14.6. The zero-order chi connectivity index (χ0) is 28.2. The smallest absolute Gasteiger partial charge is 0.148 e. The van der Waals surface area contributed by atoms with Crippen LogP contribution in [-0.4, -0.2) is 23.9 Å². The summed E-state index contributed by atoms with van der Waals surface area (Å²) in [5.41, 5.74) is 11.4. The van der Waals surface area contributed by atoms with Gasteiger partial charge < -0.3 is 16.1 Å². The molecule has 2 aliphatic carbocycles. The third kappa shape index (κ3) is 4.64. The van der Waals surface area contributed by atoms with Crippen molar-refractivity contribution in [3.8, 4) is 6.07 Å². The van der Waals surface area contributed by atoms with Crippen LogP contribution in [0.25, 0.3) is 10.9 Å². The molecular formula is C31H28BCl2N7. The first kappa shape index (κ1) is 26.0. The molecule has 2 fully saturated rings. The Morgan fingerprint density at radius 2 is 1.80 bits per heavy atom. The zero-order valence-electron chi connectivity index (χ0n) is 22.5. The fourth-order valence-electron chi connectivity index (χ4n) is 5.73. The van der Waals surface area contributed by atoms with Crippen LogP contribution in [-0.2, 0) is 11.0 Å². The van der Waals surface area contributed by atoms with E-state index in [1.165, 1.54) is 5.56 Å². The molecule has 1 aromatic heterocycles. The molecule has 3 aromatic carbocycles. The van der Waals surface area contributed by atoms with Crippen LogP contribution in [0.2, 0.25) is 10.0 Å². The van der Waals surface area contributed by atoms with Gasteiger partial charge >= 0.3 is 0 Å². The molecule has 2 saturated carbocycles. The van der Waals surface area contributed by atoms with Crippen LogP contribution in [0.4, 0.5) is 11.4 Å². The highest BCUT2D eigenvalue weighted by Crippen LogP contribution is 2.50. The van der Waals surface area contributed by atoms with Crippen LogP contribution in [0.1, 0.15) is 42.4 Å². The lowest BCUT2D eigenvalue weighted by atomic mass is 9.69. The highest BCUT2D eigenvalue weighted by atomic mass is 35.5. The first-order valence-electron chi connectivity index (χ1n) is 13.8. The Labute approximate surface area is 249 Å². The molecule has 1 atom stereocenters. The predicted molar refractivity (Wildman–Crippen MR) is 167 cm³/mol. The number of pyridine rings is 1. The highest BCUT2D eigenvalue weighted by molar-refractivity contribution is 6.36. The number of fused-ring (bicyclic) bond motifs is 1. The van der Waals surface area contributed by atoms with Gasteiger partial charge in [0.25, 0.3) is 0 Å². The third-order valence-corrected chi connectivity index (χ3v) is 8.98. The molecule has 7 nitrogen and oxygen atoms in total. The Morgan fingerprint density at radius 3 is 2.51 bits per heavy atom. The standard InChI is InChI=1S/C31H28BCl2N7/c32-31(24-8-4-5-9-25(24)33,27-18-41(40-39-27)22-10-11-22)37-21-14-23-28(19(16-35)17-36-29(23)26(34)15-21)38-30(12-13-30)20-6-2-1-3-7-20/h1-9,14-15,17-18,22,37,39-40H,10-13,32H2,(H,36,38). The van der Waals surface area contributed by atoms with Crippen molar-refractivity contribution in [2.75, 3.05) is 10.6 Å². The fourth-order valence-corrected chi connectivity index (χ4v) is 6.32. The second-order valence-electron chi connectivity index (χ2n) is 11.2. The van der Waals surface area contributed by atoms with Gasteiger partial charge in [-0.1, -0.05) is 71.7 Å². The number of anilines is 2. The third-order valence-electron chi connectivity index (χ3n) is 8.36. The van der Waals surface area contributed by atoms with Crippen molar-refractivity contribution in [2.45, 2.75) is 42.7 Å². The van der Waals surface area contributed by atoms with E-state index in [1.807, 2.05) is 54.6 Å². The van der Waals surface area contributed by atoms with Crippen LogP contribution in [0.15, 0.2) is 84.8 Å². The van der Waals surface area contributed by atoms with Crippen molar-refractivity contribution in [1.29, 1.82) is 5.26 Å². The molecule has 204 valence electrons. The highest BCUT2D eigenvalue weighted by Gasteiger charge is 2.45. The van der Waals surface area contributed by atoms with Crippen LogP contribution in [0, 0.1) is 11.3 Å². The number of nitriles is 1. The Bertz CT molecular complexity index is 1730. The number of benzene rings is 3. The molecule has 0 amide bonds. The maximum atomic E-state index is 10.1. The number of hydrogen-bond acceptors (Lipinski definition) is 7. The summed E-state index contributed by atoms with van der Waals surface area (Å²) in [4.78, 5) is 4.58. The van der Waals surface area contributed by atoms with E-state index in [0.29, 0.717) is 27.2 Å². The molecular weight excluding hydrogens is 552 g/mol. The molecule has 3 aliphatic rings. The minimum atomic E-state index is -0.735. The molecule has 10 heteroatoms. The number of halogens is 2. The van der Waals surface area contributed by atoms with E-state index in [4.69, 9.17) is 23.2 Å². The van der Waals surface area contributed by atoms with E-state index in [0.717, 1.165) is 53.7 Å². The summed E-state index contributed by atoms with van der Waals surface area (Å²) < 4.78 is 0. The van der Waals surface area contributed by atoms with E-state index in [9.17, 15) is 5.26 Å². The average molecular weight is 580 g/mol. The van der Waals surface area contributed by atoms with Gasteiger partial charge in [0.15, 0.2) is 0 Å². The maximum absolute atomic E-state index is 10.1. The Hall–Kier alpha value is -3.90. The lowest BCUT2D eigenvalue weighted by molar-refractivity contribution is 0.260. The molecule has 4 N–H and O–H groups in total. The number of aromatic nitrogens is 1. The number of nitrogens with one attached hydrogen (secondary N) is 4. The summed E-state index contributed by atoms with van der Waals surface area (Å²) in [5, 5.41) is 21.6. The molecule has 4 aromatic rings. The van der Waals surface area contributed by atoms with Crippen LogP contribution in [0.5, 0.6) is 0 Å². The van der Waals surface area contributed by atoms with Gasteiger partial charge in [0.2, 0.25) is 0 Å². The van der Waals surface area contributed by atoms with Crippen molar-refractivity contribution >= 4 is 53.3 Å². The molecule has 0 radical (unpaired) electrons. The van der Waals surface area contributed by atoms with Crippen molar-refractivity contribution in [3.05, 3.63) is 112 Å². The van der Waals surface area contributed by atoms with E-state index in [-0.39, 0.29) is 5.54 Å². The molecule has 41 heavy (non-hydrogen) atoms. The van der Waals surface area contributed by atoms with Crippen LogP contribution in [0.3, 0.4) is 0 Å². The van der Waals surface area contributed by atoms with Gasteiger partial charge in [0, 0.05) is 34.5 Å². The lowest BCUT2D eigenvalue weighted by Crippen LogP contribution is -2.45. The molecule has 1 aliphatic heterocycles. The van der Waals surface area contributed by atoms with Crippen molar-refractivity contribution in [2.24, 2.45) is 0 Å². The average Bonchev–Trinajstić information content (AvgIpc) is 3.92. The van der Waals surface area contributed by atoms with Crippen molar-refractivity contribution in [1.82, 2.24) is 21.0 Å². The maximum Gasteiger partial charge on any atom is 0.148 e. The minimum absolute atomic E-state index is 0.223. The second kappa shape index (κ2) is 9.88. The fraction of sp³-hybridized carbons (Fsp3) is 0.226. The quantitative estimate of drug-likeness (QED) is 0.198. The summed E-state index contributed by atoms with van der Waals surface area (Å²) in [7, 11) is 2.10. The van der Waals surface area contributed by atoms with E-state index >= 15 is 0 Å². The van der Waals surface area contributed by atoms with Gasteiger partial charge in [-0.05, 0) is 55.0 Å². The molecule has 2 heterocycles. The van der Waals surface area contributed by atoms with Gasteiger partial charge in [0.05, 0.1) is 38.5 Å². The van der Waals surface area contributed by atoms with Gasteiger partial charge in [-0.2, -0.15) is 5.26 Å². The van der Waals surface area contributed by atoms with Crippen LogP contribution >= 0.6 is 23.2 Å². The number of hydrogen-bond donors (Lipinski definition) is 4. The molecule has 0 spiro atoms. The first-order chi connectivity index (χ1) is 19.9. The van der Waals surface area contributed by atoms with Crippen LogP contribution < -0.4 is 21.6 Å². The molecule has 0 saturated heterocycles. The number of rotatable bonds is 8. The lowest BCUT2D eigenvalue weighted by Gasteiger charge is -2.34. The Morgan fingerprint density at radius 1 is 1.05 bits per heavy atom. The van der Waals surface area contributed by atoms with E-state index in [1.54, 1.807) is 6.20 Å². The largest absolute Gasteiger partial charge is 0.378 e. The molecule has 1 unspecified atom stereocenters. The van der Waals surface area contributed by atoms with Gasteiger partial charge in [-0.3, -0.25) is 9.99 Å².